The minimum Gasteiger partial charge on any atom is -0.462 e. The number of unbranched alkanes of at least 4 members (excludes halogenated alkanes) is 28. The minimum absolute atomic E-state index is 0.156. The molecule has 3 atom stereocenters. The van der Waals surface area contributed by atoms with Gasteiger partial charge in [-0.25, -0.2) is 4.57 Å². The molecule has 0 aromatic heterocycles. The van der Waals surface area contributed by atoms with Crippen molar-refractivity contribution < 1.29 is 52.2 Å². The van der Waals surface area contributed by atoms with Crippen LogP contribution in [0.5, 0.6) is 0 Å². The average Bonchev–Trinajstić information content (AvgIpc) is 3.41. The number of phosphoric acid groups is 1. The molecule has 0 aromatic carbocycles. The molecule has 12 heteroatoms. The lowest BCUT2D eigenvalue weighted by Gasteiger charge is -2.21. The van der Waals surface area contributed by atoms with Crippen molar-refractivity contribution in [2.45, 2.75) is 290 Å². The van der Waals surface area contributed by atoms with Gasteiger partial charge in [-0.15, -0.1) is 0 Å². The summed E-state index contributed by atoms with van der Waals surface area (Å²) in [5.41, 5.74) is 0. The van der Waals surface area contributed by atoms with Crippen LogP contribution in [0.25, 0.3) is 0 Å². The first-order chi connectivity index (χ1) is 37.2. The van der Waals surface area contributed by atoms with Gasteiger partial charge in [-0.1, -0.05) is 248 Å². The second-order valence-corrected chi connectivity index (χ2v) is 21.9. The summed E-state index contributed by atoms with van der Waals surface area (Å²) < 4.78 is 39.6. The van der Waals surface area contributed by atoms with Crippen molar-refractivity contribution >= 4 is 25.7 Å². The Bertz CT molecular complexity index is 1550. The zero-order valence-corrected chi connectivity index (χ0v) is 49.6. The van der Waals surface area contributed by atoms with Crippen LogP contribution in [0, 0.1) is 0 Å². The smallest absolute Gasteiger partial charge is 0.462 e. The van der Waals surface area contributed by atoms with E-state index in [0.717, 1.165) is 122 Å². The monoisotopic (exact) mass is 1090 g/mol. The van der Waals surface area contributed by atoms with E-state index < -0.39 is 57.8 Å². The summed E-state index contributed by atoms with van der Waals surface area (Å²) in [5, 5.41) is 9.83. The van der Waals surface area contributed by atoms with Crippen LogP contribution in [0.1, 0.15) is 278 Å². The maximum absolute atomic E-state index is 12.9. The van der Waals surface area contributed by atoms with Gasteiger partial charge in [-0.2, -0.15) is 0 Å². The first-order valence-electron chi connectivity index (χ1n) is 30.8. The van der Waals surface area contributed by atoms with E-state index in [4.69, 9.17) is 23.3 Å². The normalized spacial score (nSPS) is 13.8. The molecule has 0 saturated carbocycles. The third kappa shape index (κ3) is 55.7. The van der Waals surface area contributed by atoms with Gasteiger partial charge in [0.15, 0.2) is 6.10 Å². The zero-order chi connectivity index (χ0) is 55.5. The van der Waals surface area contributed by atoms with E-state index in [1.807, 2.05) is 0 Å². The van der Waals surface area contributed by atoms with Crippen LogP contribution in [0.4, 0.5) is 0 Å². The molecule has 0 bridgehead atoms. The van der Waals surface area contributed by atoms with Crippen molar-refractivity contribution in [2.75, 3.05) is 26.4 Å². The van der Waals surface area contributed by atoms with Crippen LogP contribution in [0.3, 0.4) is 0 Å². The predicted molar refractivity (Wildman–Crippen MR) is 316 cm³/mol. The predicted octanol–water partition coefficient (Wildman–Crippen LogP) is 18.5. The number of hydrogen-bond acceptors (Lipinski definition) is 10. The summed E-state index contributed by atoms with van der Waals surface area (Å²) in [4.78, 5) is 48.7. The highest BCUT2D eigenvalue weighted by Crippen LogP contribution is 2.43. The van der Waals surface area contributed by atoms with Gasteiger partial charge in [0.2, 0.25) is 0 Å². The molecule has 2 N–H and O–H groups in total. The van der Waals surface area contributed by atoms with E-state index in [1.54, 1.807) is 0 Å². The molecule has 0 rings (SSSR count). The Labute approximate surface area is 465 Å². The molecule has 0 saturated heterocycles. The summed E-state index contributed by atoms with van der Waals surface area (Å²) in [7, 11) is -4.76. The average molecular weight is 1090 g/mol. The van der Waals surface area contributed by atoms with Crippen LogP contribution in [-0.4, -0.2) is 66.5 Å². The number of carbonyl (C=O) groups is 3. The molecule has 0 aliphatic heterocycles. The topological polar surface area (TPSA) is 155 Å². The standard InChI is InChI=1S/C64H113O11P/c1-4-7-10-13-16-19-22-25-28-29-30-31-34-37-40-43-46-49-52-55-64(68)75-61(57-71-62(66)53-50-47-44-41-38-35-32-26-23-20-17-14-11-8-5-2)59-73-76(69,70)72-58-60(56-65)74-63(67)54-51-48-45-42-39-36-33-27-24-21-18-15-12-9-6-3/h8-9,11-12,17-18,20-21,26-27,32-33,60-61,65H,4-7,10,13-16,19,22-25,28-31,34-59H2,1-3H3,(H,69,70)/b11-8-,12-9-,20-17-,21-18-,32-26-,33-27-. The van der Waals surface area contributed by atoms with Gasteiger partial charge in [0.1, 0.15) is 12.7 Å². The van der Waals surface area contributed by atoms with Crippen molar-refractivity contribution in [1.29, 1.82) is 0 Å². The lowest BCUT2D eigenvalue weighted by Crippen LogP contribution is -2.30. The van der Waals surface area contributed by atoms with Crippen molar-refractivity contribution in [3.63, 3.8) is 0 Å². The van der Waals surface area contributed by atoms with Gasteiger partial charge in [-0.05, 0) is 83.5 Å². The maximum Gasteiger partial charge on any atom is 0.472 e. The van der Waals surface area contributed by atoms with Gasteiger partial charge >= 0.3 is 25.7 Å². The van der Waals surface area contributed by atoms with Gasteiger partial charge in [-0.3, -0.25) is 23.4 Å². The number of rotatable bonds is 57. The largest absolute Gasteiger partial charge is 0.472 e. The molecule has 0 radical (unpaired) electrons. The number of ether oxygens (including phenoxy) is 3. The molecular formula is C64H113O11P. The van der Waals surface area contributed by atoms with E-state index in [9.17, 15) is 28.9 Å². The van der Waals surface area contributed by atoms with Crippen LogP contribution in [0.2, 0.25) is 0 Å². The molecule has 0 amide bonds. The Morgan fingerprint density at radius 3 is 1.05 bits per heavy atom. The highest BCUT2D eigenvalue weighted by molar-refractivity contribution is 7.47. The number of esters is 3. The van der Waals surface area contributed by atoms with E-state index in [0.29, 0.717) is 19.3 Å². The first-order valence-corrected chi connectivity index (χ1v) is 32.3. The Morgan fingerprint density at radius 2 is 0.684 bits per heavy atom. The van der Waals surface area contributed by atoms with Crippen molar-refractivity contribution in [3.05, 3.63) is 72.9 Å². The Morgan fingerprint density at radius 1 is 0.382 bits per heavy atom. The number of aliphatic hydroxyl groups excluding tert-OH is 1. The molecule has 0 heterocycles. The fourth-order valence-corrected chi connectivity index (χ4v) is 9.29. The Balaban J connectivity index is 4.71. The van der Waals surface area contributed by atoms with Gasteiger partial charge in [0.25, 0.3) is 0 Å². The van der Waals surface area contributed by atoms with Crippen molar-refractivity contribution in [1.82, 2.24) is 0 Å². The van der Waals surface area contributed by atoms with Gasteiger partial charge in [0, 0.05) is 19.3 Å². The van der Waals surface area contributed by atoms with Crippen molar-refractivity contribution in [3.8, 4) is 0 Å². The Kier molecular flexibility index (Phi) is 55.7. The molecule has 0 spiro atoms. The molecule has 0 fully saturated rings. The van der Waals surface area contributed by atoms with E-state index >= 15 is 0 Å². The summed E-state index contributed by atoms with van der Waals surface area (Å²) >= 11 is 0. The van der Waals surface area contributed by atoms with E-state index in [2.05, 4.69) is 93.7 Å². The van der Waals surface area contributed by atoms with Gasteiger partial charge in [0.05, 0.1) is 19.8 Å². The SMILES string of the molecule is CC/C=C\C/C=C\C/C=C\CCCCCCCC(=O)OCC(COP(=O)(O)OCC(CO)OC(=O)CCCCCCC/C=C\C/C=C\C/C=C\CC)OC(=O)CCCCCCCCCCCCCCCCCCCCC. The molecule has 0 aliphatic carbocycles. The zero-order valence-electron chi connectivity index (χ0n) is 48.7. The number of phosphoric ester groups is 1. The fourth-order valence-electron chi connectivity index (χ4n) is 8.50. The fraction of sp³-hybridized carbons (Fsp3) is 0.766. The number of carbonyl (C=O) groups excluding carboxylic acids is 3. The molecular weight excluding hydrogens is 976 g/mol. The van der Waals surface area contributed by atoms with Crippen LogP contribution >= 0.6 is 7.82 Å². The maximum atomic E-state index is 12.9. The lowest BCUT2D eigenvalue weighted by atomic mass is 10.0. The van der Waals surface area contributed by atoms with Crippen LogP contribution < -0.4 is 0 Å². The molecule has 3 unspecified atom stereocenters. The molecule has 0 aliphatic rings. The lowest BCUT2D eigenvalue weighted by molar-refractivity contribution is -0.161. The highest BCUT2D eigenvalue weighted by atomic mass is 31.2. The molecule has 76 heavy (non-hydrogen) atoms. The van der Waals surface area contributed by atoms with Crippen LogP contribution in [-0.2, 0) is 42.2 Å². The van der Waals surface area contributed by atoms with E-state index in [1.165, 1.54) is 96.3 Å². The summed E-state index contributed by atoms with van der Waals surface area (Å²) in [6.07, 6.45) is 65.7. The second-order valence-electron chi connectivity index (χ2n) is 20.5. The second kappa shape index (κ2) is 58.1. The molecule has 11 nitrogen and oxygen atoms in total. The number of aliphatic hydroxyl groups is 1. The third-order valence-corrected chi connectivity index (χ3v) is 14.1. The first kappa shape index (κ1) is 72.9. The van der Waals surface area contributed by atoms with Gasteiger partial charge < -0.3 is 24.2 Å². The quantitative estimate of drug-likeness (QED) is 0.0197. The third-order valence-electron chi connectivity index (χ3n) is 13.1. The number of hydrogen-bond donors (Lipinski definition) is 2. The summed E-state index contributed by atoms with van der Waals surface area (Å²) in [6, 6.07) is 0. The Hall–Kier alpha value is -3.08. The summed E-state index contributed by atoms with van der Waals surface area (Å²) in [5.74, 6) is -1.49. The molecule has 440 valence electrons. The van der Waals surface area contributed by atoms with Crippen molar-refractivity contribution in [2.24, 2.45) is 0 Å². The summed E-state index contributed by atoms with van der Waals surface area (Å²) in [6.45, 7) is 4.42. The van der Waals surface area contributed by atoms with Crippen LogP contribution in [0.15, 0.2) is 72.9 Å². The van der Waals surface area contributed by atoms with E-state index in [-0.39, 0.29) is 25.9 Å². The molecule has 0 aromatic rings. The highest BCUT2D eigenvalue weighted by Gasteiger charge is 2.28. The number of allylic oxidation sites excluding steroid dienone is 12. The minimum atomic E-state index is -4.76.